The van der Waals surface area contributed by atoms with E-state index in [1.54, 1.807) is 43.5 Å². The van der Waals surface area contributed by atoms with Gasteiger partial charge in [-0.05, 0) is 57.9 Å². The molecule has 0 unspecified atom stereocenters. The highest BCUT2D eigenvalue weighted by molar-refractivity contribution is 9.10. The molecule has 0 aliphatic carbocycles. The van der Waals surface area contributed by atoms with Gasteiger partial charge in [0, 0.05) is 5.69 Å². The fraction of sp³-hybridized carbons (Fsp3) is 0.238. The predicted octanol–water partition coefficient (Wildman–Crippen LogP) is 2.50. The van der Waals surface area contributed by atoms with Crippen molar-refractivity contribution >= 4 is 45.6 Å². The molecule has 2 N–H and O–H groups in total. The van der Waals surface area contributed by atoms with Gasteiger partial charge in [-0.15, -0.1) is 0 Å². The number of nitrogens with zero attached hydrogens (tertiary/aromatic N) is 1. The van der Waals surface area contributed by atoms with Gasteiger partial charge in [-0.2, -0.15) is 5.10 Å². The Balaban J connectivity index is 1.91. The molecule has 0 saturated heterocycles. The molecule has 170 valence electrons. The molecule has 0 fully saturated rings. The number of amides is 2. The Morgan fingerprint density at radius 1 is 1.03 bits per heavy atom. The van der Waals surface area contributed by atoms with Gasteiger partial charge >= 0.3 is 5.97 Å². The number of nitrogens with one attached hydrogen (secondary N) is 2. The summed E-state index contributed by atoms with van der Waals surface area (Å²) in [6.07, 6.45) is 0.966. The van der Waals surface area contributed by atoms with Gasteiger partial charge in [-0.1, -0.05) is 0 Å². The van der Waals surface area contributed by atoms with Crippen molar-refractivity contribution in [3.05, 3.63) is 46.4 Å². The van der Waals surface area contributed by atoms with Gasteiger partial charge in [0.25, 0.3) is 0 Å². The molecule has 2 aromatic rings. The van der Waals surface area contributed by atoms with Crippen LogP contribution < -0.4 is 25.0 Å². The maximum absolute atomic E-state index is 12.0. The third-order valence-corrected chi connectivity index (χ3v) is 4.50. The number of hydrogen-bond acceptors (Lipinski definition) is 8. The van der Waals surface area contributed by atoms with Crippen LogP contribution in [0, 0.1) is 0 Å². The quantitative estimate of drug-likeness (QED) is 0.219. The van der Waals surface area contributed by atoms with E-state index in [1.807, 2.05) is 0 Å². The van der Waals surface area contributed by atoms with Gasteiger partial charge in [0.05, 0.1) is 32.0 Å². The number of benzene rings is 2. The minimum atomic E-state index is -0.587. The summed E-state index contributed by atoms with van der Waals surface area (Å²) in [5.41, 5.74) is 3.40. The zero-order valence-electron chi connectivity index (χ0n) is 17.6. The fourth-order valence-electron chi connectivity index (χ4n) is 2.39. The second-order valence-electron chi connectivity index (χ2n) is 6.15. The van der Waals surface area contributed by atoms with E-state index in [4.69, 9.17) is 14.2 Å². The Morgan fingerprint density at radius 2 is 1.75 bits per heavy atom. The number of hydrogen-bond donors (Lipinski definition) is 2. The first kappa shape index (κ1) is 24.7. The third kappa shape index (κ3) is 7.58. The van der Waals surface area contributed by atoms with Crippen molar-refractivity contribution in [2.24, 2.45) is 5.10 Å². The molecule has 32 heavy (non-hydrogen) atoms. The summed E-state index contributed by atoms with van der Waals surface area (Å²) in [6, 6.07) is 9.97. The monoisotopic (exact) mass is 507 g/mol. The molecule has 0 heterocycles. The lowest BCUT2D eigenvalue weighted by Gasteiger charge is -2.12. The van der Waals surface area contributed by atoms with E-state index in [-0.39, 0.29) is 6.61 Å². The van der Waals surface area contributed by atoms with Crippen molar-refractivity contribution in [2.75, 3.05) is 33.3 Å². The maximum atomic E-state index is 12.0. The molecule has 0 aromatic heterocycles. The Labute approximate surface area is 193 Å². The van der Waals surface area contributed by atoms with Crippen LogP contribution in [0.4, 0.5) is 5.69 Å². The summed E-state index contributed by atoms with van der Waals surface area (Å²) in [5.74, 6) is -0.301. The van der Waals surface area contributed by atoms with Crippen LogP contribution in [0.5, 0.6) is 17.2 Å². The zero-order valence-corrected chi connectivity index (χ0v) is 19.2. The SMILES string of the molecule is COC(=O)COc1c(Br)cc(C=NNC(=O)CC(=O)Nc2ccc(OC)cc2)cc1OC. The highest BCUT2D eigenvalue weighted by Crippen LogP contribution is 2.36. The van der Waals surface area contributed by atoms with Crippen LogP contribution >= 0.6 is 15.9 Å². The lowest BCUT2D eigenvalue weighted by atomic mass is 10.2. The highest BCUT2D eigenvalue weighted by atomic mass is 79.9. The van der Waals surface area contributed by atoms with Gasteiger partial charge in [0.15, 0.2) is 18.1 Å². The first-order valence-electron chi connectivity index (χ1n) is 9.19. The molecule has 0 aliphatic rings. The first-order chi connectivity index (χ1) is 15.4. The Hall–Kier alpha value is -3.60. The Kier molecular flexibility index (Phi) is 9.48. The van der Waals surface area contributed by atoms with E-state index in [9.17, 15) is 14.4 Å². The molecule has 2 rings (SSSR count). The molecule has 10 nitrogen and oxygen atoms in total. The molecule has 0 bridgehead atoms. The minimum absolute atomic E-state index is 0.284. The van der Waals surface area contributed by atoms with E-state index in [0.717, 1.165) is 0 Å². The van der Waals surface area contributed by atoms with Gasteiger partial charge < -0.3 is 24.3 Å². The van der Waals surface area contributed by atoms with E-state index in [1.165, 1.54) is 20.4 Å². The van der Waals surface area contributed by atoms with Crippen molar-refractivity contribution in [2.45, 2.75) is 6.42 Å². The molecule has 0 aliphatic heterocycles. The molecular weight excluding hydrogens is 486 g/mol. The Morgan fingerprint density at radius 3 is 2.38 bits per heavy atom. The molecule has 0 saturated carbocycles. The van der Waals surface area contributed by atoms with Crippen molar-refractivity contribution < 1.29 is 33.3 Å². The largest absolute Gasteiger partial charge is 0.497 e. The summed E-state index contributed by atoms with van der Waals surface area (Å²) < 4.78 is 20.8. The molecule has 11 heteroatoms. The standard InChI is InChI=1S/C21H22BrN3O7/c1-29-15-6-4-14(5-7-15)24-18(26)10-19(27)25-23-11-13-8-16(22)21(17(9-13)30-2)32-12-20(28)31-3/h4-9,11H,10,12H2,1-3H3,(H,24,26)(H,25,27). The molecular formula is C21H22BrN3O7. The number of carbonyl (C=O) groups excluding carboxylic acids is 3. The van der Waals surface area contributed by atoms with Crippen molar-refractivity contribution in [3.63, 3.8) is 0 Å². The summed E-state index contributed by atoms with van der Waals surface area (Å²) >= 11 is 3.34. The number of carbonyl (C=O) groups is 3. The summed E-state index contributed by atoms with van der Waals surface area (Å²) in [5, 5.41) is 6.45. The normalized spacial score (nSPS) is 10.4. The molecule has 0 atom stereocenters. The average molecular weight is 508 g/mol. The van der Waals surface area contributed by atoms with Crippen LogP contribution in [0.25, 0.3) is 0 Å². The second-order valence-corrected chi connectivity index (χ2v) is 7.00. The number of ether oxygens (including phenoxy) is 4. The van der Waals surface area contributed by atoms with Gasteiger partial charge in [0.1, 0.15) is 12.2 Å². The number of rotatable bonds is 10. The minimum Gasteiger partial charge on any atom is -0.497 e. The lowest BCUT2D eigenvalue weighted by molar-refractivity contribution is -0.143. The van der Waals surface area contributed by atoms with E-state index < -0.39 is 24.2 Å². The van der Waals surface area contributed by atoms with Crippen LogP contribution in [-0.4, -0.2) is 51.9 Å². The molecule has 2 amide bonds. The van der Waals surface area contributed by atoms with Crippen LogP contribution in [0.2, 0.25) is 0 Å². The molecule has 2 aromatic carbocycles. The van der Waals surface area contributed by atoms with Crippen LogP contribution in [-0.2, 0) is 19.1 Å². The van der Waals surface area contributed by atoms with Crippen molar-refractivity contribution in [1.29, 1.82) is 0 Å². The highest BCUT2D eigenvalue weighted by Gasteiger charge is 2.14. The number of anilines is 1. The first-order valence-corrected chi connectivity index (χ1v) is 9.98. The third-order valence-electron chi connectivity index (χ3n) is 3.91. The van der Waals surface area contributed by atoms with E-state index >= 15 is 0 Å². The van der Waals surface area contributed by atoms with E-state index in [0.29, 0.717) is 33.0 Å². The van der Waals surface area contributed by atoms with Crippen molar-refractivity contribution in [3.8, 4) is 17.2 Å². The summed E-state index contributed by atoms with van der Waals surface area (Å²) in [4.78, 5) is 35.2. The molecule has 0 radical (unpaired) electrons. The smallest absolute Gasteiger partial charge is 0.343 e. The number of halogens is 1. The van der Waals surface area contributed by atoms with Crippen molar-refractivity contribution in [1.82, 2.24) is 5.43 Å². The predicted molar refractivity (Wildman–Crippen MR) is 120 cm³/mol. The van der Waals surface area contributed by atoms with Crippen LogP contribution in [0.3, 0.4) is 0 Å². The van der Waals surface area contributed by atoms with Gasteiger partial charge in [0.2, 0.25) is 11.8 Å². The molecule has 0 spiro atoms. The number of esters is 1. The topological polar surface area (TPSA) is 125 Å². The van der Waals surface area contributed by atoms with E-state index in [2.05, 4.69) is 36.5 Å². The lowest BCUT2D eigenvalue weighted by Crippen LogP contribution is -2.24. The van der Waals surface area contributed by atoms with Crippen LogP contribution in [0.15, 0.2) is 46.0 Å². The Bertz CT molecular complexity index is 994. The van der Waals surface area contributed by atoms with Crippen LogP contribution in [0.1, 0.15) is 12.0 Å². The zero-order chi connectivity index (χ0) is 23.5. The fourth-order valence-corrected chi connectivity index (χ4v) is 2.96. The van der Waals surface area contributed by atoms with Gasteiger partial charge in [-0.25, -0.2) is 10.2 Å². The van der Waals surface area contributed by atoms with Gasteiger partial charge in [-0.3, -0.25) is 9.59 Å². The summed E-state index contributed by atoms with van der Waals surface area (Å²) in [6.45, 7) is -0.284. The summed E-state index contributed by atoms with van der Waals surface area (Å²) in [7, 11) is 4.24. The average Bonchev–Trinajstić information content (AvgIpc) is 2.78. The maximum Gasteiger partial charge on any atom is 0.343 e. The number of hydrazone groups is 1. The second kappa shape index (κ2) is 12.3. The number of methoxy groups -OCH3 is 3.